The molecule has 1 aliphatic carbocycles. The van der Waals surface area contributed by atoms with Crippen molar-refractivity contribution in [1.82, 2.24) is 20.3 Å². The summed E-state index contributed by atoms with van der Waals surface area (Å²) in [5, 5.41) is 10.8. The van der Waals surface area contributed by atoms with Gasteiger partial charge in [0.2, 0.25) is 11.8 Å². The molecular weight excluding hydrogens is 435 g/mol. The van der Waals surface area contributed by atoms with E-state index in [0.29, 0.717) is 38.3 Å². The highest BCUT2D eigenvalue weighted by Crippen LogP contribution is 2.36. The number of carbonyl (C=O) groups is 2. The van der Waals surface area contributed by atoms with Gasteiger partial charge in [0.15, 0.2) is 11.6 Å². The molecular formula is C26H33FN4O3. The number of nitrogens with zero attached hydrogens (tertiary/aromatic N) is 3. The Bertz CT molecular complexity index is 1050. The fraction of sp³-hybridized carbons (Fsp3) is 0.538. The van der Waals surface area contributed by atoms with Crippen LogP contribution in [0.1, 0.15) is 63.1 Å². The molecule has 182 valence electrons. The molecule has 2 heterocycles. The summed E-state index contributed by atoms with van der Waals surface area (Å²) in [4.78, 5) is 23.4. The Morgan fingerprint density at radius 3 is 2.85 bits per heavy atom. The van der Waals surface area contributed by atoms with Gasteiger partial charge in [0.25, 0.3) is 0 Å². The van der Waals surface area contributed by atoms with Crippen molar-refractivity contribution in [2.75, 3.05) is 6.61 Å². The number of ether oxygens (including phenoxy) is 1. The highest BCUT2D eigenvalue weighted by molar-refractivity contribution is 5.98. The molecule has 0 bridgehead atoms. The van der Waals surface area contributed by atoms with E-state index in [9.17, 15) is 14.0 Å². The van der Waals surface area contributed by atoms with Gasteiger partial charge in [-0.25, -0.2) is 9.07 Å². The van der Waals surface area contributed by atoms with Crippen LogP contribution in [0.2, 0.25) is 0 Å². The maximum atomic E-state index is 14.4. The van der Waals surface area contributed by atoms with Gasteiger partial charge in [-0.3, -0.25) is 14.9 Å². The molecule has 2 atom stereocenters. The Morgan fingerprint density at radius 2 is 2.15 bits per heavy atom. The zero-order valence-corrected chi connectivity index (χ0v) is 19.8. The SMILES string of the molecule is C=C[C@](CC)(Cn1nncc1CCCC1CCC(=O)NC1=O)c1ccc(F)c(OCC2CC2)c1. The molecule has 1 unspecified atom stereocenters. The van der Waals surface area contributed by atoms with Crippen molar-refractivity contribution in [2.24, 2.45) is 11.8 Å². The van der Waals surface area contributed by atoms with E-state index in [1.807, 2.05) is 10.8 Å². The third-order valence-corrected chi connectivity index (χ3v) is 7.17. The van der Waals surface area contributed by atoms with Crippen molar-refractivity contribution >= 4 is 11.8 Å². The number of carbonyl (C=O) groups excluding carboxylic acids is 2. The Morgan fingerprint density at radius 1 is 1.32 bits per heavy atom. The summed E-state index contributed by atoms with van der Waals surface area (Å²) in [5.41, 5.74) is 1.44. The van der Waals surface area contributed by atoms with E-state index in [-0.39, 0.29) is 29.3 Å². The maximum Gasteiger partial charge on any atom is 0.229 e. The van der Waals surface area contributed by atoms with Crippen molar-refractivity contribution in [3.63, 3.8) is 0 Å². The zero-order chi connectivity index (χ0) is 24.1. The minimum absolute atomic E-state index is 0.127. The molecule has 1 N–H and O–H groups in total. The molecule has 1 aliphatic heterocycles. The van der Waals surface area contributed by atoms with Gasteiger partial charge in [-0.1, -0.05) is 24.3 Å². The van der Waals surface area contributed by atoms with Gasteiger partial charge in [-0.2, -0.15) is 0 Å². The third kappa shape index (κ3) is 5.54. The first-order valence-corrected chi connectivity index (χ1v) is 12.2. The molecule has 7 nitrogen and oxygen atoms in total. The fourth-order valence-corrected chi connectivity index (χ4v) is 4.57. The third-order valence-electron chi connectivity index (χ3n) is 7.17. The lowest BCUT2D eigenvalue weighted by Crippen LogP contribution is -2.40. The average Bonchev–Trinajstić information content (AvgIpc) is 3.56. The molecule has 34 heavy (non-hydrogen) atoms. The summed E-state index contributed by atoms with van der Waals surface area (Å²) in [6.07, 6.45) is 9.93. The smallest absolute Gasteiger partial charge is 0.229 e. The van der Waals surface area contributed by atoms with Crippen molar-refractivity contribution < 1.29 is 18.7 Å². The minimum Gasteiger partial charge on any atom is -0.490 e. The molecule has 1 saturated carbocycles. The summed E-state index contributed by atoms with van der Waals surface area (Å²) in [7, 11) is 0. The number of benzene rings is 1. The van der Waals surface area contributed by atoms with Gasteiger partial charge >= 0.3 is 0 Å². The predicted octanol–water partition coefficient (Wildman–Crippen LogP) is 4.12. The number of aromatic nitrogens is 3. The first kappa shape index (κ1) is 24.1. The number of piperidine rings is 1. The Balaban J connectivity index is 1.44. The summed E-state index contributed by atoms with van der Waals surface area (Å²) in [6, 6.07) is 5.06. The summed E-state index contributed by atoms with van der Waals surface area (Å²) in [6.45, 7) is 7.25. The van der Waals surface area contributed by atoms with Crippen LogP contribution in [-0.4, -0.2) is 33.4 Å². The molecule has 2 aliphatic rings. The molecule has 2 aromatic rings. The highest BCUT2D eigenvalue weighted by Gasteiger charge is 2.31. The molecule has 2 amide bonds. The number of rotatable bonds is 12. The molecule has 1 aromatic carbocycles. The van der Waals surface area contributed by atoms with E-state index in [4.69, 9.17) is 4.74 Å². The highest BCUT2D eigenvalue weighted by atomic mass is 19.1. The molecule has 4 rings (SSSR count). The van der Waals surface area contributed by atoms with E-state index in [0.717, 1.165) is 43.4 Å². The van der Waals surface area contributed by atoms with Crippen molar-refractivity contribution in [3.8, 4) is 5.75 Å². The van der Waals surface area contributed by atoms with Gasteiger partial charge in [0, 0.05) is 17.8 Å². The number of amides is 2. The fourth-order valence-electron chi connectivity index (χ4n) is 4.57. The van der Waals surface area contributed by atoms with E-state index >= 15 is 0 Å². The second-order valence-electron chi connectivity index (χ2n) is 9.54. The number of aryl methyl sites for hydroxylation is 1. The lowest BCUT2D eigenvalue weighted by molar-refractivity contribution is -0.136. The number of hydrogen-bond donors (Lipinski definition) is 1. The van der Waals surface area contributed by atoms with Crippen LogP contribution in [0.4, 0.5) is 4.39 Å². The van der Waals surface area contributed by atoms with Crippen LogP contribution in [0.25, 0.3) is 0 Å². The van der Waals surface area contributed by atoms with Gasteiger partial charge in [-0.05, 0) is 68.6 Å². The number of halogens is 1. The topological polar surface area (TPSA) is 86.1 Å². The molecule has 1 aromatic heterocycles. The molecule has 2 fully saturated rings. The lowest BCUT2D eigenvalue weighted by Gasteiger charge is -2.31. The van der Waals surface area contributed by atoms with E-state index in [1.54, 1.807) is 18.3 Å². The van der Waals surface area contributed by atoms with Gasteiger partial charge in [0.05, 0.1) is 25.0 Å². The second-order valence-corrected chi connectivity index (χ2v) is 9.54. The van der Waals surface area contributed by atoms with Gasteiger partial charge in [0.1, 0.15) is 0 Å². The number of allylic oxidation sites excluding steroid dienone is 1. The summed E-state index contributed by atoms with van der Waals surface area (Å²) >= 11 is 0. The second kappa shape index (κ2) is 10.5. The average molecular weight is 469 g/mol. The minimum atomic E-state index is -0.461. The number of hydrogen-bond acceptors (Lipinski definition) is 5. The van der Waals surface area contributed by atoms with Crippen LogP contribution in [0.15, 0.2) is 37.1 Å². The number of imide groups is 1. The monoisotopic (exact) mass is 468 g/mol. The number of nitrogens with one attached hydrogen (secondary N) is 1. The maximum absolute atomic E-state index is 14.4. The predicted molar refractivity (Wildman–Crippen MR) is 126 cm³/mol. The van der Waals surface area contributed by atoms with E-state index in [1.165, 1.54) is 6.07 Å². The quantitative estimate of drug-likeness (QED) is 0.374. The van der Waals surface area contributed by atoms with Gasteiger partial charge in [-0.15, -0.1) is 11.7 Å². The van der Waals surface area contributed by atoms with Crippen LogP contribution in [0, 0.1) is 17.7 Å². The van der Waals surface area contributed by atoms with Crippen molar-refractivity contribution in [2.45, 2.75) is 70.3 Å². The summed E-state index contributed by atoms with van der Waals surface area (Å²) in [5.74, 6) is -0.0173. The molecule has 8 heteroatoms. The Hall–Kier alpha value is -3.03. The van der Waals surface area contributed by atoms with Crippen molar-refractivity contribution in [3.05, 3.63) is 54.1 Å². The standard InChI is InChI=1S/C26H33FN4O3/c1-3-26(4-2,20-11-12-22(27)23(14-20)34-16-18-8-9-18)17-31-21(15-28-30-31)7-5-6-19-10-13-24(32)29-25(19)33/h3,11-12,14-15,18-19H,1,4-10,13,16-17H2,2H3,(H,29,32,33)/t19?,26-/m0/s1. The van der Waals surface area contributed by atoms with Crippen molar-refractivity contribution in [1.29, 1.82) is 0 Å². The summed E-state index contributed by atoms with van der Waals surface area (Å²) < 4.78 is 22.0. The van der Waals surface area contributed by atoms with E-state index < -0.39 is 5.41 Å². The lowest BCUT2D eigenvalue weighted by atomic mass is 9.78. The van der Waals surface area contributed by atoms with Crippen LogP contribution in [-0.2, 0) is 28.0 Å². The molecule has 0 radical (unpaired) electrons. The zero-order valence-electron chi connectivity index (χ0n) is 19.8. The first-order chi connectivity index (χ1) is 16.4. The van der Waals surface area contributed by atoms with Crippen LogP contribution >= 0.6 is 0 Å². The molecule has 1 saturated heterocycles. The van der Waals surface area contributed by atoms with E-state index in [2.05, 4.69) is 29.1 Å². The largest absolute Gasteiger partial charge is 0.490 e. The Labute approximate surface area is 199 Å². The van der Waals surface area contributed by atoms with Crippen LogP contribution in [0.5, 0.6) is 5.75 Å². The van der Waals surface area contributed by atoms with Crippen LogP contribution < -0.4 is 10.1 Å². The van der Waals surface area contributed by atoms with Crippen LogP contribution in [0.3, 0.4) is 0 Å². The first-order valence-electron chi connectivity index (χ1n) is 12.2. The normalized spacial score (nSPS) is 20.0. The van der Waals surface area contributed by atoms with Gasteiger partial charge < -0.3 is 4.74 Å². The Kier molecular flexibility index (Phi) is 7.44. The molecule has 0 spiro atoms.